The second-order valence-electron chi connectivity index (χ2n) is 5.48. The van der Waals surface area contributed by atoms with E-state index in [1.807, 2.05) is 36.1 Å². The first-order chi connectivity index (χ1) is 10.3. The third-order valence-corrected chi connectivity index (χ3v) is 4.13. The van der Waals surface area contributed by atoms with Gasteiger partial charge in [0.15, 0.2) is 0 Å². The van der Waals surface area contributed by atoms with Crippen molar-refractivity contribution in [2.45, 2.75) is 45.6 Å². The molecular formula is C17H26N4. The molecule has 21 heavy (non-hydrogen) atoms. The van der Waals surface area contributed by atoms with E-state index >= 15 is 0 Å². The second kappa shape index (κ2) is 7.93. The lowest BCUT2D eigenvalue weighted by Gasteiger charge is -2.26. The SMILES string of the molecule is CCCCC(CC)C(NC)c1cnnn1-c1ccccc1. The third-order valence-electron chi connectivity index (χ3n) is 4.13. The number of nitrogens with one attached hydrogen (secondary N) is 1. The van der Waals surface area contributed by atoms with Gasteiger partial charge in [-0.1, -0.05) is 56.5 Å². The minimum absolute atomic E-state index is 0.289. The van der Waals surface area contributed by atoms with Crippen LogP contribution in [0.1, 0.15) is 51.3 Å². The summed E-state index contributed by atoms with van der Waals surface area (Å²) in [6, 6.07) is 10.5. The number of hydrogen-bond acceptors (Lipinski definition) is 3. The van der Waals surface area contributed by atoms with Crippen LogP contribution in [0, 0.1) is 5.92 Å². The molecule has 2 aromatic rings. The number of unbranched alkanes of at least 4 members (excludes halogenated alkanes) is 1. The van der Waals surface area contributed by atoms with Gasteiger partial charge < -0.3 is 5.32 Å². The average molecular weight is 286 g/mol. The highest BCUT2D eigenvalue weighted by molar-refractivity contribution is 5.32. The summed E-state index contributed by atoms with van der Waals surface area (Å²) >= 11 is 0. The number of aromatic nitrogens is 3. The summed E-state index contributed by atoms with van der Waals surface area (Å²) in [6.45, 7) is 4.51. The van der Waals surface area contributed by atoms with Crippen LogP contribution >= 0.6 is 0 Å². The maximum absolute atomic E-state index is 4.28. The Balaban J connectivity index is 2.28. The zero-order chi connectivity index (χ0) is 15.1. The first-order valence-electron chi connectivity index (χ1n) is 7.95. The van der Waals surface area contributed by atoms with Crippen LogP contribution in [0.4, 0.5) is 0 Å². The molecule has 114 valence electrons. The highest BCUT2D eigenvalue weighted by Gasteiger charge is 2.24. The molecule has 2 atom stereocenters. The molecule has 1 aromatic carbocycles. The minimum atomic E-state index is 0.289. The van der Waals surface area contributed by atoms with Gasteiger partial charge in [0.25, 0.3) is 0 Å². The molecule has 4 heteroatoms. The monoisotopic (exact) mass is 286 g/mol. The molecular weight excluding hydrogens is 260 g/mol. The van der Waals surface area contributed by atoms with Crippen LogP contribution in [-0.2, 0) is 0 Å². The Kier molecular flexibility index (Phi) is 5.93. The van der Waals surface area contributed by atoms with Crippen LogP contribution in [0.3, 0.4) is 0 Å². The fourth-order valence-corrected chi connectivity index (χ4v) is 2.92. The molecule has 0 aliphatic carbocycles. The van der Waals surface area contributed by atoms with E-state index in [1.165, 1.54) is 19.3 Å². The topological polar surface area (TPSA) is 42.7 Å². The van der Waals surface area contributed by atoms with Gasteiger partial charge in [0, 0.05) is 0 Å². The highest BCUT2D eigenvalue weighted by atomic mass is 15.4. The molecule has 0 fully saturated rings. The lowest BCUT2D eigenvalue weighted by Crippen LogP contribution is -2.27. The number of hydrogen-bond donors (Lipinski definition) is 1. The largest absolute Gasteiger partial charge is 0.311 e. The summed E-state index contributed by atoms with van der Waals surface area (Å²) in [4.78, 5) is 0. The van der Waals surface area contributed by atoms with Crippen molar-refractivity contribution in [3.05, 3.63) is 42.2 Å². The zero-order valence-electron chi connectivity index (χ0n) is 13.3. The Morgan fingerprint density at radius 1 is 1.19 bits per heavy atom. The van der Waals surface area contributed by atoms with Crippen LogP contribution in [0.5, 0.6) is 0 Å². The van der Waals surface area contributed by atoms with Crippen molar-refractivity contribution in [3.8, 4) is 5.69 Å². The van der Waals surface area contributed by atoms with Crippen molar-refractivity contribution in [1.29, 1.82) is 0 Å². The summed E-state index contributed by atoms with van der Waals surface area (Å²) in [5.41, 5.74) is 2.21. The first-order valence-corrected chi connectivity index (χ1v) is 7.95. The fourth-order valence-electron chi connectivity index (χ4n) is 2.92. The predicted octanol–water partition coefficient (Wildman–Crippen LogP) is 3.74. The van der Waals surface area contributed by atoms with E-state index in [2.05, 4.69) is 41.6 Å². The molecule has 0 aliphatic heterocycles. The van der Waals surface area contributed by atoms with Gasteiger partial charge in [-0.3, -0.25) is 0 Å². The maximum atomic E-state index is 4.28. The Morgan fingerprint density at radius 2 is 1.95 bits per heavy atom. The standard InChI is InChI=1S/C17H26N4/c1-4-6-10-14(5-2)17(18-3)16-13-19-20-21(16)15-11-8-7-9-12-15/h7-9,11-14,17-18H,4-6,10H2,1-3H3. The first kappa shape index (κ1) is 15.7. The molecule has 0 amide bonds. The van der Waals surface area contributed by atoms with Gasteiger partial charge in [0.1, 0.15) is 0 Å². The molecule has 0 saturated heterocycles. The maximum Gasteiger partial charge on any atom is 0.0817 e. The van der Waals surface area contributed by atoms with Gasteiger partial charge >= 0.3 is 0 Å². The van der Waals surface area contributed by atoms with Crippen molar-refractivity contribution < 1.29 is 0 Å². The molecule has 1 heterocycles. The summed E-state index contributed by atoms with van der Waals surface area (Å²) in [5.74, 6) is 0.607. The van der Waals surface area contributed by atoms with Gasteiger partial charge in [-0.15, -0.1) is 5.10 Å². The molecule has 2 rings (SSSR count). The van der Waals surface area contributed by atoms with E-state index in [-0.39, 0.29) is 6.04 Å². The van der Waals surface area contributed by atoms with E-state index in [0.29, 0.717) is 5.92 Å². The van der Waals surface area contributed by atoms with Crippen molar-refractivity contribution in [3.63, 3.8) is 0 Å². The Morgan fingerprint density at radius 3 is 2.57 bits per heavy atom. The Hall–Kier alpha value is -1.68. The van der Waals surface area contributed by atoms with Gasteiger partial charge in [-0.25, -0.2) is 4.68 Å². The van der Waals surface area contributed by atoms with Gasteiger partial charge in [0.05, 0.1) is 23.6 Å². The molecule has 2 unspecified atom stereocenters. The van der Waals surface area contributed by atoms with E-state index in [1.54, 1.807) is 0 Å². The van der Waals surface area contributed by atoms with Crippen molar-refractivity contribution in [2.24, 2.45) is 5.92 Å². The molecule has 0 bridgehead atoms. The second-order valence-corrected chi connectivity index (χ2v) is 5.48. The zero-order valence-corrected chi connectivity index (χ0v) is 13.3. The van der Waals surface area contributed by atoms with E-state index in [0.717, 1.165) is 17.8 Å². The van der Waals surface area contributed by atoms with Gasteiger partial charge in [0.2, 0.25) is 0 Å². The summed E-state index contributed by atoms with van der Waals surface area (Å²) in [6.07, 6.45) is 6.79. The van der Waals surface area contributed by atoms with Crippen molar-refractivity contribution in [1.82, 2.24) is 20.3 Å². The number of para-hydroxylation sites is 1. The molecule has 0 radical (unpaired) electrons. The molecule has 1 N–H and O–H groups in total. The lowest BCUT2D eigenvalue weighted by atomic mass is 9.89. The smallest absolute Gasteiger partial charge is 0.0817 e. The lowest BCUT2D eigenvalue weighted by molar-refractivity contribution is 0.329. The summed E-state index contributed by atoms with van der Waals surface area (Å²) < 4.78 is 1.95. The van der Waals surface area contributed by atoms with E-state index < -0.39 is 0 Å². The van der Waals surface area contributed by atoms with Crippen LogP contribution in [0.25, 0.3) is 5.69 Å². The molecule has 4 nitrogen and oxygen atoms in total. The summed E-state index contributed by atoms with van der Waals surface area (Å²) in [7, 11) is 2.03. The quantitative estimate of drug-likeness (QED) is 0.803. The number of benzene rings is 1. The number of nitrogens with zero attached hydrogens (tertiary/aromatic N) is 3. The van der Waals surface area contributed by atoms with Crippen LogP contribution in [0.2, 0.25) is 0 Å². The normalized spacial score (nSPS) is 14.0. The summed E-state index contributed by atoms with van der Waals surface area (Å²) in [5, 5.41) is 11.9. The van der Waals surface area contributed by atoms with Gasteiger partial charge in [-0.05, 0) is 31.5 Å². The van der Waals surface area contributed by atoms with Crippen LogP contribution < -0.4 is 5.32 Å². The van der Waals surface area contributed by atoms with Gasteiger partial charge in [-0.2, -0.15) is 0 Å². The molecule has 1 aromatic heterocycles. The van der Waals surface area contributed by atoms with Crippen molar-refractivity contribution in [2.75, 3.05) is 7.05 Å². The highest BCUT2D eigenvalue weighted by Crippen LogP contribution is 2.29. The minimum Gasteiger partial charge on any atom is -0.311 e. The number of rotatable bonds is 8. The van der Waals surface area contributed by atoms with E-state index in [4.69, 9.17) is 0 Å². The van der Waals surface area contributed by atoms with Crippen LogP contribution in [0.15, 0.2) is 36.5 Å². The Bertz CT molecular complexity index is 521. The molecule has 0 aliphatic rings. The third kappa shape index (κ3) is 3.70. The average Bonchev–Trinajstić information content (AvgIpc) is 3.01. The molecule has 0 saturated carbocycles. The fraction of sp³-hybridized carbons (Fsp3) is 0.529. The Labute approximate surface area is 127 Å². The van der Waals surface area contributed by atoms with Crippen molar-refractivity contribution >= 4 is 0 Å². The molecule has 0 spiro atoms. The predicted molar refractivity (Wildman–Crippen MR) is 86.5 cm³/mol. The van der Waals surface area contributed by atoms with E-state index in [9.17, 15) is 0 Å². The van der Waals surface area contributed by atoms with Crippen LogP contribution in [-0.4, -0.2) is 22.0 Å².